The molecule has 2 atom stereocenters. The molecule has 2 rings (SSSR count). The Morgan fingerprint density at radius 1 is 1.50 bits per heavy atom. The lowest BCUT2D eigenvalue weighted by Gasteiger charge is -2.28. The molecule has 8 heteroatoms. The van der Waals surface area contributed by atoms with Gasteiger partial charge in [0.15, 0.2) is 0 Å². The Bertz CT molecular complexity index is 502. The molecule has 0 radical (unpaired) electrons. The highest BCUT2D eigenvalue weighted by atomic mass is 32.2. The van der Waals surface area contributed by atoms with Crippen LogP contribution in [0.1, 0.15) is 46.9 Å². The van der Waals surface area contributed by atoms with E-state index < -0.39 is 23.7 Å². The second-order valence-electron chi connectivity index (χ2n) is 4.24. The molecule has 1 aliphatic rings. The van der Waals surface area contributed by atoms with Crippen molar-refractivity contribution in [1.29, 1.82) is 0 Å². The van der Waals surface area contributed by atoms with Gasteiger partial charge >= 0.3 is 5.97 Å². The van der Waals surface area contributed by atoms with Crippen molar-refractivity contribution in [3.63, 3.8) is 0 Å². The number of hydrogen-bond acceptors (Lipinski definition) is 5. The molecule has 0 aliphatic carbocycles. The molecule has 20 heavy (non-hydrogen) atoms. The number of halogens is 2. The smallest absolute Gasteiger partial charge is 0.339 e. The molecule has 0 amide bonds. The maximum atomic E-state index is 12.9. The van der Waals surface area contributed by atoms with Gasteiger partial charge in [-0.1, -0.05) is 6.92 Å². The monoisotopic (exact) mass is 320 g/mol. The topological polar surface area (TPSA) is 63.1 Å². The van der Waals surface area contributed by atoms with E-state index in [1.54, 1.807) is 23.5 Å². The normalized spacial score (nSPS) is 23.0. The molecule has 1 aromatic heterocycles. The van der Waals surface area contributed by atoms with Crippen LogP contribution in [0.4, 0.5) is 8.78 Å². The first-order valence-corrected chi connectivity index (χ1v) is 8.25. The molecular weight excluding hydrogens is 306 g/mol. The van der Waals surface area contributed by atoms with Crippen LogP contribution in [-0.2, 0) is 0 Å². The predicted molar refractivity (Wildman–Crippen MR) is 75.7 cm³/mol. The Morgan fingerprint density at radius 2 is 2.20 bits per heavy atom. The molecule has 110 valence electrons. The molecule has 1 saturated heterocycles. The number of aromatic nitrogens is 2. The minimum absolute atomic E-state index is 0.0564. The molecule has 2 heterocycles. The quantitative estimate of drug-likeness (QED) is 0.917. The van der Waals surface area contributed by atoms with Crippen molar-refractivity contribution in [1.82, 2.24) is 9.97 Å². The van der Waals surface area contributed by atoms with Crippen molar-refractivity contribution in [2.75, 3.05) is 11.5 Å². The maximum absolute atomic E-state index is 12.9. The van der Waals surface area contributed by atoms with Crippen LogP contribution in [0.2, 0.25) is 0 Å². The summed E-state index contributed by atoms with van der Waals surface area (Å²) >= 11 is 3.43. The summed E-state index contributed by atoms with van der Waals surface area (Å²) in [5.41, 5.74) is -1.21. The van der Waals surface area contributed by atoms with E-state index in [-0.39, 0.29) is 10.5 Å². The summed E-state index contributed by atoms with van der Waals surface area (Å²) in [6.07, 6.45) is -1.01. The summed E-state index contributed by atoms with van der Waals surface area (Å²) in [6, 6.07) is 0. The van der Waals surface area contributed by atoms with Gasteiger partial charge < -0.3 is 5.11 Å². The number of rotatable bonds is 4. The van der Waals surface area contributed by atoms with Crippen molar-refractivity contribution in [2.24, 2.45) is 0 Å². The van der Waals surface area contributed by atoms with E-state index in [2.05, 4.69) is 9.97 Å². The highest BCUT2D eigenvalue weighted by Crippen LogP contribution is 2.43. The van der Waals surface area contributed by atoms with Crippen LogP contribution in [-0.4, -0.2) is 37.8 Å². The fraction of sp³-hybridized carbons (Fsp3) is 0.583. The minimum atomic E-state index is -2.91. The second kappa shape index (κ2) is 6.71. The SMILES string of the molecule is CCC1SCCSC1c1ncc(C(=O)O)c(C(F)F)n1. The van der Waals surface area contributed by atoms with Gasteiger partial charge in [-0.2, -0.15) is 11.8 Å². The molecule has 4 nitrogen and oxygen atoms in total. The van der Waals surface area contributed by atoms with Crippen LogP contribution >= 0.6 is 23.5 Å². The second-order valence-corrected chi connectivity index (χ2v) is 6.84. The number of carboxylic acids is 1. The van der Waals surface area contributed by atoms with E-state index in [0.717, 1.165) is 24.1 Å². The van der Waals surface area contributed by atoms with Crippen molar-refractivity contribution in [3.8, 4) is 0 Å². The van der Waals surface area contributed by atoms with E-state index in [4.69, 9.17) is 5.11 Å². The van der Waals surface area contributed by atoms with Gasteiger partial charge in [0.2, 0.25) is 0 Å². The molecular formula is C12H14F2N2O2S2. The Morgan fingerprint density at radius 3 is 2.80 bits per heavy atom. The van der Waals surface area contributed by atoms with E-state index in [9.17, 15) is 13.6 Å². The van der Waals surface area contributed by atoms with Crippen LogP contribution in [0, 0.1) is 0 Å². The maximum Gasteiger partial charge on any atom is 0.339 e. The number of carbonyl (C=O) groups is 1. The lowest BCUT2D eigenvalue weighted by molar-refractivity contribution is 0.0681. The first kappa shape index (κ1) is 15.5. The van der Waals surface area contributed by atoms with Gasteiger partial charge in [0, 0.05) is 23.0 Å². The van der Waals surface area contributed by atoms with Gasteiger partial charge in [-0.25, -0.2) is 23.5 Å². The largest absolute Gasteiger partial charge is 0.478 e. The van der Waals surface area contributed by atoms with Crippen molar-refractivity contribution < 1.29 is 18.7 Å². The van der Waals surface area contributed by atoms with Crippen LogP contribution in [0.3, 0.4) is 0 Å². The van der Waals surface area contributed by atoms with Crippen LogP contribution in [0.25, 0.3) is 0 Å². The molecule has 1 N–H and O–H groups in total. The summed E-state index contributed by atoms with van der Waals surface area (Å²) in [4.78, 5) is 18.8. The summed E-state index contributed by atoms with van der Waals surface area (Å²) in [5.74, 6) is 0.827. The Balaban J connectivity index is 2.37. The Hall–Kier alpha value is -0.890. The van der Waals surface area contributed by atoms with Gasteiger partial charge in [-0.15, -0.1) is 11.8 Å². The summed E-state index contributed by atoms with van der Waals surface area (Å²) < 4.78 is 25.9. The minimum Gasteiger partial charge on any atom is -0.478 e. The Kier molecular flexibility index (Phi) is 5.20. The molecule has 2 unspecified atom stereocenters. The van der Waals surface area contributed by atoms with Crippen LogP contribution in [0.15, 0.2) is 6.20 Å². The molecule has 0 aromatic carbocycles. The number of thioether (sulfide) groups is 2. The third-order valence-corrected chi connectivity index (χ3v) is 6.22. The lowest BCUT2D eigenvalue weighted by Crippen LogP contribution is -2.21. The lowest BCUT2D eigenvalue weighted by atomic mass is 10.2. The molecule has 0 bridgehead atoms. The first-order valence-electron chi connectivity index (χ1n) is 6.16. The third-order valence-electron chi connectivity index (χ3n) is 2.98. The van der Waals surface area contributed by atoms with E-state index in [1.807, 2.05) is 6.92 Å². The zero-order chi connectivity index (χ0) is 14.7. The van der Waals surface area contributed by atoms with E-state index >= 15 is 0 Å². The molecule has 1 aromatic rings. The highest BCUT2D eigenvalue weighted by Gasteiger charge is 2.31. The molecule has 1 fully saturated rings. The molecule has 0 saturated carbocycles. The first-order chi connectivity index (χ1) is 9.54. The number of hydrogen-bond donors (Lipinski definition) is 1. The molecule has 0 spiro atoms. The van der Waals surface area contributed by atoms with Crippen molar-refractivity contribution in [3.05, 3.63) is 23.3 Å². The highest BCUT2D eigenvalue weighted by molar-refractivity contribution is 8.06. The van der Waals surface area contributed by atoms with Gasteiger partial charge in [-0.05, 0) is 6.42 Å². The average molecular weight is 320 g/mol. The average Bonchev–Trinajstić information content (AvgIpc) is 2.46. The zero-order valence-electron chi connectivity index (χ0n) is 10.8. The van der Waals surface area contributed by atoms with E-state index in [0.29, 0.717) is 5.82 Å². The molecule has 1 aliphatic heterocycles. The van der Waals surface area contributed by atoms with Gasteiger partial charge in [0.25, 0.3) is 6.43 Å². The summed E-state index contributed by atoms with van der Waals surface area (Å²) in [7, 11) is 0. The number of alkyl halides is 2. The van der Waals surface area contributed by atoms with E-state index in [1.165, 1.54) is 0 Å². The number of nitrogens with zero attached hydrogens (tertiary/aromatic N) is 2. The van der Waals surface area contributed by atoms with Gasteiger partial charge in [-0.3, -0.25) is 0 Å². The zero-order valence-corrected chi connectivity index (χ0v) is 12.4. The van der Waals surface area contributed by atoms with Crippen LogP contribution < -0.4 is 0 Å². The van der Waals surface area contributed by atoms with Gasteiger partial charge in [0.05, 0.1) is 5.25 Å². The Labute approximate surface area is 123 Å². The third kappa shape index (κ3) is 3.22. The fourth-order valence-corrected chi connectivity index (χ4v) is 5.02. The fourth-order valence-electron chi connectivity index (χ4n) is 2.02. The number of carboxylic acid groups (broad SMARTS) is 1. The predicted octanol–water partition coefficient (Wildman–Crippen LogP) is 3.41. The van der Waals surface area contributed by atoms with Crippen molar-refractivity contribution >= 4 is 29.5 Å². The standard InChI is InChI=1S/C12H14F2N2O2S2/c1-2-7-9(20-4-3-19-7)11-15-5-6(12(17)18)8(16-11)10(13)14/h5,7,9-10H,2-4H2,1H3,(H,17,18). The number of aromatic carboxylic acids is 1. The van der Waals surface area contributed by atoms with Gasteiger partial charge in [0.1, 0.15) is 17.1 Å². The van der Waals surface area contributed by atoms with Crippen molar-refractivity contribution in [2.45, 2.75) is 30.3 Å². The summed E-state index contributed by atoms with van der Waals surface area (Å²) in [6.45, 7) is 2.04. The summed E-state index contributed by atoms with van der Waals surface area (Å²) in [5, 5.41) is 9.11. The van der Waals surface area contributed by atoms with Crippen LogP contribution in [0.5, 0.6) is 0 Å².